The van der Waals surface area contributed by atoms with E-state index in [1.54, 1.807) is 54.6 Å². The van der Waals surface area contributed by atoms with Crippen LogP contribution in [0.5, 0.6) is 5.75 Å². The van der Waals surface area contributed by atoms with E-state index in [1.807, 2.05) is 6.92 Å². The molecule has 24 heavy (non-hydrogen) atoms. The summed E-state index contributed by atoms with van der Waals surface area (Å²) in [5.74, 6) is 0.106. The smallest absolute Gasteiger partial charge is 0.255 e. The number of hydrogen-bond donors (Lipinski definition) is 2. The van der Waals surface area contributed by atoms with Crippen molar-refractivity contribution in [1.82, 2.24) is 0 Å². The number of anilines is 2. The maximum Gasteiger partial charge on any atom is 0.255 e. The van der Waals surface area contributed by atoms with Crippen LogP contribution in [0.3, 0.4) is 0 Å². The van der Waals surface area contributed by atoms with Gasteiger partial charge in [0, 0.05) is 16.9 Å². The minimum atomic E-state index is -0.372. The SMILES string of the molecule is CCOc1ccc(C(=O)Nc2ccc(NC(=O)CC#N)cc2)cc1. The van der Waals surface area contributed by atoms with Crippen molar-refractivity contribution < 1.29 is 14.3 Å². The van der Waals surface area contributed by atoms with Crippen LogP contribution in [0.2, 0.25) is 0 Å². The van der Waals surface area contributed by atoms with Crippen LogP contribution in [0.15, 0.2) is 48.5 Å². The first-order valence-electron chi connectivity index (χ1n) is 7.43. The Morgan fingerprint density at radius 3 is 2.12 bits per heavy atom. The average Bonchev–Trinajstić information content (AvgIpc) is 2.58. The molecule has 0 saturated heterocycles. The molecule has 2 rings (SSSR count). The van der Waals surface area contributed by atoms with Crippen molar-refractivity contribution in [2.24, 2.45) is 0 Å². The third kappa shape index (κ3) is 4.85. The molecule has 0 radical (unpaired) electrons. The third-order valence-corrected chi connectivity index (χ3v) is 3.09. The van der Waals surface area contributed by atoms with Gasteiger partial charge in [0.25, 0.3) is 5.91 Å². The lowest BCUT2D eigenvalue weighted by molar-refractivity contribution is -0.115. The van der Waals surface area contributed by atoms with Gasteiger partial charge in [0.15, 0.2) is 0 Å². The van der Waals surface area contributed by atoms with Crippen LogP contribution in [-0.4, -0.2) is 18.4 Å². The van der Waals surface area contributed by atoms with Crippen LogP contribution in [-0.2, 0) is 4.79 Å². The van der Waals surface area contributed by atoms with Gasteiger partial charge >= 0.3 is 0 Å². The number of ether oxygens (including phenoxy) is 1. The maximum atomic E-state index is 12.2. The Hall–Kier alpha value is -3.33. The Kier molecular flexibility index (Phi) is 5.92. The molecule has 2 amide bonds. The Balaban J connectivity index is 1.96. The molecule has 2 aromatic rings. The first-order chi connectivity index (χ1) is 11.6. The predicted molar refractivity (Wildman–Crippen MR) is 90.9 cm³/mol. The monoisotopic (exact) mass is 323 g/mol. The van der Waals surface area contributed by atoms with Gasteiger partial charge < -0.3 is 15.4 Å². The molecule has 122 valence electrons. The highest BCUT2D eigenvalue weighted by molar-refractivity contribution is 6.04. The van der Waals surface area contributed by atoms with Crippen molar-refractivity contribution in [2.45, 2.75) is 13.3 Å². The van der Waals surface area contributed by atoms with Crippen molar-refractivity contribution in [3.63, 3.8) is 0 Å². The number of nitriles is 1. The molecule has 0 aromatic heterocycles. The van der Waals surface area contributed by atoms with Crippen molar-refractivity contribution in [3.8, 4) is 11.8 Å². The molecule has 0 heterocycles. The van der Waals surface area contributed by atoms with Gasteiger partial charge in [-0.05, 0) is 55.5 Å². The summed E-state index contributed by atoms with van der Waals surface area (Å²) in [5, 5.41) is 13.8. The summed E-state index contributed by atoms with van der Waals surface area (Å²) in [5.41, 5.74) is 1.69. The summed E-state index contributed by atoms with van der Waals surface area (Å²) in [6.45, 7) is 2.47. The Morgan fingerprint density at radius 1 is 1.00 bits per heavy atom. The number of benzene rings is 2. The molecule has 2 N–H and O–H groups in total. The summed E-state index contributed by atoms with van der Waals surface area (Å²) in [4.78, 5) is 23.5. The molecule has 0 atom stereocenters. The highest BCUT2D eigenvalue weighted by Gasteiger charge is 2.07. The quantitative estimate of drug-likeness (QED) is 0.854. The summed E-state index contributed by atoms with van der Waals surface area (Å²) < 4.78 is 5.33. The molecule has 0 aliphatic rings. The van der Waals surface area contributed by atoms with Crippen LogP contribution >= 0.6 is 0 Å². The first kappa shape index (κ1) is 17.0. The fourth-order valence-electron chi connectivity index (χ4n) is 1.99. The van der Waals surface area contributed by atoms with Gasteiger partial charge in [-0.15, -0.1) is 0 Å². The van der Waals surface area contributed by atoms with Gasteiger partial charge in [0.1, 0.15) is 12.2 Å². The lowest BCUT2D eigenvalue weighted by Gasteiger charge is -2.08. The zero-order valence-electron chi connectivity index (χ0n) is 13.2. The van der Waals surface area contributed by atoms with E-state index in [1.165, 1.54) is 0 Å². The molecule has 0 bridgehead atoms. The molecular formula is C18H17N3O3. The summed E-state index contributed by atoms with van der Waals surface area (Å²) >= 11 is 0. The van der Waals surface area contributed by atoms with Crippen LogP contribution in [0.1, 0.15) is 23.7 Å². The largest absolute Gasteiger partial charge is 0.494 e. The molecule has 6 heteroatoms. The second kappa shape index (κ2) is 8.34. The molecule has 0 saturated carbocycles. The number of carbonyl (C=O) groups excluding carboxylic acids is 2. The molecule has 0 aliphatic heterocycles. The highest BCUT2D eigenvalue weighted by Crippen LogP contribution is 2.16. The molecule has 6 nitrogen and oxygen atoms in total. The fourth-order valence-corrected chi connectivity index (χ4v) is 1.99. The van der Waals surface area contributed by atoms with E-state index >= 15 is 0 Å². The summed E-state index contributed by atoms with van der Waals surface area (Å²) in [6, 6.07) is 15.3. The van der Waals surface area contributed by atoms with Gasteiger partial charge in [-0.2, -0.15) is 5.26 Å². The lowest BCUT2D eigenvalue weighted by Crippen LogP contribution is -2.12. The fraction of sp³-hybridized carbons (Fsp3) is 0.167. The topological polar surface area (TPSA) is 91.2 Å². The van der Waals surface area contributed by atoms with Gasteiger partial charge in [-0.1, -0.05) is 0 Å². The van der Waals surface area contributed by atoms with Gasteiger partial charge in [0.05, 0.1) is 12.7 Å². The molecule has 0 fully saturated rings. The van der Waals surface area contributed by atoms with Crippen LogP contribution < -0.4 is 15.4 Å². The van der Waals surface area contributed by atoms with Crippen molar-refractivity contribution in [2.75, 3.05) is 17.2 Å². The predicted octanol–water partition coefficient (Wildman–Crippen LogP) is 3.19. The highest BCUT2D eigenvalue weighted by atomic mass is 16.5. The summed E-state index contributed by atoms with van der Waals surface area (Å²) in [7, 11) is 0. The number of hydrogen-bond acceptors (Lipinski definition) is 4. The second-order valence-corrected chi connectivity index (χ2v) is 4.87. The molecule has 0 spiro atoms. The maximum absolute atomic E-state index is 12.2. The van der Waals surface area contributed by atoms with E-state index in [0.29, 0.717) is 29.3 Å². The van der Waals surface area contributed by atoms with Gasteiger partial charge in [-0.25, -0.2) is 0 Å². The van der Waals surface area contributed by atoms with Crippen LogP contribution in [0.25, 0.3) is 0 Å². The van der Waals surface area contributed by atoms with Crippen LogP contribution in [0.4, 0.5) is 11.4 Å². The van der Waals surface area contributed by atoms with E-state index < -0.39 is 0 Å². The Labute approximate surface area is 140 Å². The standard InChI is InChI=1S/C18H17N3O3/c1-2-24-16-9-3-13(4-10-16)18(23)21-15-7-5-14(6-8-15)20-17(22)11-12-19/h3-10H,2,11H2,1H3,(H,20,22)(H,21,23). The third-order valence-electron chi connectivity index (χ3n) is 3.09. The number of nitrogens with one attached hydrogen (secondary N) is 2. The first-order valence-corrected chi connectivity index (χ1v) is 7.43. The zero-order chi connectivity index (χ0) is 17.4. The van der Waals surface area contributed by atoms with E-state index in [-0.39, 0.29) is 18.2 Å². The number of nitrogens with zero attached hydrogens (tertiary/aromatic N) is 1. The molecule has 0 aliphatic carbocycles. The Bertz CT molecular complexity index is 747. The van der Waals surface area contributed by atoms with Gasteiger partial charge in [0.2, 0.25) is 5.91 Å². The molecule has 0 unspecified atom stereocenters. The van der Waals surface area contributed by atoms with E-state index in [0.717, 1.165) is 0 Å². The molecule has 2 aromatic carbocycles. The van der Waals surface area contributed by atoms with E-state index in [9.17, 15) is 9.59 Å². The lowest BCUT2D eigenvalue weighted by atomic mass is 10.2. The minimum absolute atomic E-state index is 0.198. The minimum Gasteiger partial charge on any atom is -0.494 e. The van der Waals surface area contributed by atoms with Crippen molar-refractivity contribution in [1.29, 1.82) is 5.26 Å². The average molecular weight is 323 g/mol. The summed E-state index contributed by atoms with van der Waals surface area (Å²) in [6.07, 6.45) is -0.198. The number of rotatable bonds is 6. The number of amides is 2. The molecular weight excluding hydrogens is 306 g/mol. The Morgan fingerprint density at radius 2 is 1.58 bits per heavy atom. The number of carbonyl (C=O) groups is 2. The van der Waals surface area contributed by atoms with E-state index in [2.05, 4.69) is 10.6 Å². The zero-order valence-corrected chi connectivity index (χ0v) is 13.2. The normalized spacial score (nSPS) is 9.67. The van der Waals surface area contributed by atoms with Crippen LogP contribution in [0, 0.1) is 11.3 Å². The second-order valence-electron chi connectivity index (χ2n) is 4.87. The van der Waals surface area contributed by atoms with Gasteiger partial charge in [-0.3, -0.25) is 9.59 Å². The van der Waals surface area contributed by atoms with E-state index in [4.69, 9.17) is 10.00 Å². The van der Waals surface area contributed by atoms with Crippen molar-refractivity contribution >= 4 is 23.2 Å². The van der Waals surface area contributed by atoms with Crippen molar-refractivity contribution in [3.05, 3.63) is 54.1 Å².